The molecule has 2 atom stereocenters. The van der Waals surface area contributed by atoms with Gasteiger partial charge >= 0.3 is 5.97 Å². The molecule has 0 radical (unpaired) electrons. The summed E-state index contributed by atoms with van der Waals surface area (Å²) in [4.78, 5) is 46.3. The number of rotatable bonds is 4. The molecule has 1 N–H and O–H groups in total. The molecule has 1 saturated heterocycles. The number of amides is 2. The van der Waals surface area contributed by atoms with Gasteiger partial charge in [-0.1, -0.05) is 60.7 Å². The standard InChI is InChI=1S/C29H25N3O4/c1-36-29(35)20-13-11-19(12-14-20)27-26-22(21-9-5-6-10-23(21)30-26)15-24-28(34)31(17-25(33)32(24)27)16-18-7-3-2-4-8-18/h2-14,24,27,30H,15-17H2,1H3. The molecule has 0 spiro atoms. The van der Waals surface area contributed by atoms with Crippen molar-refractivity contribution in [1.29, 1.82) is 0 Å². The van der Waals surface area contributed by atoms with Crippen LogP contribution in [0.5, 0.6) is 0 Å². The lowest BCUT2D eigenvalue weighted by molar-refractivity contribution is -0.159. The van der Waals surface area contributed by atoms with Gasteiger partial charge in [-0.15, -0.1) is 0 Å². The quantitative estimate of drug-likeness (QED) is 0.451. The van der Waals surface area contributed by atoms with Crippen LogP contribution in [0, 0.1) is 0 Å². The second-order valence-corrected chi connectivity index (χ2v) is 9.28. The summed E-state index contributed by atoms with van der Waals surface area (Å²) in [5.41, 5.74) is 5.19. The second-order valence-electron chi connectivity index (χ2n) is 9.28. The number of ether oxygens (including phenoxy) is 1. The number of nitrogens with zero attached hydrogens (tertiary/aromatic N) is 2. The van der Waals surface area contributed by atoms with Crippen LogP contribution >= 0.6 is 0 Å². The summed E-state index contributed by atoms with van der Waals surface area (Å²) in [5, 5.41) is 1.06. The average Bonchev–Trinajstić information content (AvgIpc) is 3.29. The number of para-hydroxylation sites is 1. The largest absolute Gasteiger partial charge is 0.465 e. The first-order valence-electron chi connectivity index (χ1n) is 12.0. The lowest BCUT2D eigenvalue weighted by Crippen LogP contribution is -2.62. The number of esters is 1. The van der Waals surface area contributed by atoms with E-state index in [0.717, 1.165) is 33.3 Å². The molecule has 1 aromatic heterocycles. The molecule has 180 valence electrons. The summed E-state index contributed by atoms with van der Waals surface area (Å²) in [5.74, 6) is -0.567. The lowest BCUT2D eigenvalue weighted by Gasteiger charge is -2.47. The Morgan fingerprint density at radius 1 is 0.972 bits per heavy atom. The van der Waals surface area contributed by atoms with Gasteiger partial charge in [-0.2, -0.15) is 0 Å². The number of H-pyrrole nitrogens is 1. The molecular weight excluding hydrogens is 454 g/mol. The van der Waals surface area contributed by atoms with Crippen molar-refractivity contribution < 1.29 is 19.1 Å². The van der Waals surface area contributed by atoms with Gasteiger partial charge in [0.1, 0.15) is 12.6 Å². The third-order valence-electron chi connectivity index (χ3n) is 7.21. The maximum Gasteiger partial charge on any atom is 0.337 e. The first kappa shape index (κ1) is 22.1. The smallest absolute Gasteiger partial charge is 0.337 e. The highest BCUT2D eigenvalue weighted by Gasteiger charge is 2.48. The second kappa shape index (κ2) is 8.68. The predicted octanol–water partition coefficient (Wildman–Crippen LogP) is 3.84. The van der Waals surface area contributed by atoms with Crippen LogP contribution in [-0.4, -0.2) is 52.3 Å². The van der Waals surface area contributed by atoms with Crippen LogP contribution < -0.4 is 0 Å². The molecule has 4 aromatic rings. The summed E-state index contributed by atoms with van der Waals surface area (Å²) in [6, 6.07) is 23.8. The molecule has 0 aliphatic carbocycles. The van der Waals surface area contributed by atoms with E-state index in [0.29, 0.717) is 18.5 Å². The fourth-order valence-electron chi connectivity index (χ4n) is 5.53. The molecule has 0 saturated carbocycles. The van der Waals surface area contributed by atoms with Crippen molar-refractivity contribution >= 4 is 28.7 Å². The summed E-state index contributed by atoms with van der Waals surface area (Å²) >= 11 is 0. The van der Waals surface area contributed by atoms with Crippen LogP contribution in [0.2, 0.25) is 0 Å². The van der Waals surface area contributed by atoms with Gasteiger partial charge in [0, 0.05) is 29.6 Å². The summed E-state index contributed by atoms with van der Waals surface area (Å²) < 4.78 is 4.84. The van der Waals surface area contributed by atoms with E-state index in [9.17, 15) is 14.4 Å². The van der Waals surface area contributed by atoms with Gasteiger partial charge in [-0.25, -0.2) is 4.79 Å². The molecule has 0 bridgehead atoms. The van der Waals surface area contributed by atoms with Crippen molar-refractivity contribution in [2.24, 2.45) is 0 Å². The van der Waals surface area contributed by atoms with Crippen LogP contribution in [0.25, 0.3) is 10.9 Å². The van der Waals surface area contributed by atoms with Crippen molar-refractivity contribution in [1.82, 2.24) is 14.8 Å². The van der Waals surface area contributed by atoms with E-state index in [2.05, 4.69) is 11.1 Å². The highest BCUT2D eigenvalue weighted by Crippen LogP contribution is 2.42. The molecule has 2 amide bonds. The van der Waals surface area contributed by atoms with Gasteiger partial charge in [0.2, 0.25) is 11.8 Å². The number of piperazine rings is 1. The van der Waals surface area contributed by atoms with Crippen LogP contribution in [-0.2, 0) is 27.3 Å². The normalized spacial score (nSPS) is 19.2. The minimum absolute atomic E-state index is 0.0243. The number of hydrogen-bond acceptors (Lipinski definition) is 4. The van der Waals surface area contributed by atoms with Crippen molar-refractivity contribution in [2.75, 3.05) is 13.7 Å². The van der Waals surface area contributed by atoms with Crippen LogP contribution in [0.3, 0.4) is 0 Å². The zero-order chi connectivity index (χ0) is 24.8. The van der Waals surface area contributed by atoms with Crippen LogP contribution in [0.4, 0.5) is 0 Å². The van der Waals surface area contributed by atoms with E-state index in [4.69, 9.17) is 4.74 Å². The minimum Gasteiger partial charge on any atom is -0.465 e. The molecule has 2 unspecified atom stereocenters. The van der Waals surface area contributed by atoms with Gasteiger partial charge in [-0.3, -0.25) is 9.59 Å². The third-order valence-corrected chi connectivity index (χ3v) is 7.21. The number of aromatic amines is 1. The van der Waals surface area contributed by atoms with Crippen LogP contribution in [0.1, 0.15) is 38.8 Å². The molecule has 6 rings (SSSR count). The Kier molecular flexibility index (Phi) is 5.33. The minimum atomic E-state index is -0.605. The molecule has 7 heteroatoms. The van der Waals surface area contributed by atoms with Crippen molar-refractivity contribution in [3.05, 3.63) is 107 Å². The fraction of sp³-hybridized carbons (Fsp3) is 0.207. The SMILES string of the molecule is COC(=O)c1ccc(C2c3[nH]c4ccccc4c3CC3C(=O)N(Cc4ccccc4)CC(=O)N32)cc1. The Labute approximate surface area is 208 Å². The number of fused-ring (bicyclic) bond motifs is 4. The summed E-state index contributed by atoms with van der Waals surface area (Å²) in [6.45, 7) is 0.422. The Morgan fingerprint density at radius 2 is 1.69 bits per heavy atom. The first-order valence-corrected chi connectivity index (χ1v) is 12.0. The molecule has 2 aliphatic rings. The fourth-order valence-corrected chi connectivity index (χ4v) is 5.53. The average molecular weight is 480 g/mol. The number of nitrogens with one attached hydrogen (secondary N) is 1. The van der Waals surface area contributed by atoms with Crippen LogP contribution in [0.15, 0.2) is 78.9 Å². The Hall–Kier alpha value is -4.39. The number of carbonyl (C=O) groups is 3. The topological polar surface area (TPSA) is 82.7 Å². The molecule has 7 nitrogen and oxygen atoms in total. The van der Waals surface area contributed by atoms with Gasteiger partial charge < -0.3 is 19.5 Å². The van der Waals surface area contributed by atoms with E-state index < -0.39 is 18.1 Å². The van der Waals surface area contributed by atoms with E-state index in [1.807, 2.05) is 60.7 Å². The number of aromatic nitrogens is 1. The third kappa shape index (κ3) is 3.55. The maximum atomic E-state index is 13.8. The van der Waals surface area contributed by atoms with E-state index in [1.54, 1.807) is 21.9 Å². The van der Waals surface area contributed by atoms with Crippen molar-refractivity contribution in [3.8, 4) is 0 Å². The van der Waals surface area contributed by atoms with Gasteiger partial charge in [-0.05, 0) is 34.9 Å². The lowest BCUT2D eigenvalue weighted by atomic mass is 9.86. The molecular formula is C29H25N3O4. The number of hydrogen-bond donors (Lipinski definition) is 1. The Morgan fingerprint density at radius 3 is 2.44 bits per heavy atom. The molecule has 1 fully saturated rings. The Balaban J connectivity index is 1.44. The van der Waals surface area contributed by atoms with Crippen molar-refractivity contribution in [3.63, 3.8) is 0 Å². The zero-order valence-electron chi connectivity index (χ0n) is 19.8. The highest BCUT2D eigenvalue weighted by atomic mass is 16.5. The highest BCUT2D eigenvalue weighted by molar-refractivity contribution is 5.97. The van der Waals surface area contributed by atoms with Gasteiger partial charge in [0.25, 0.3) is 0 Å². The first-order chi connectivity index (χ1) is 17.5. The van der Waals surface area contributed by atoms with E-state index in [-0.39, 0.29) is 18.4 Å². The zero-order valence-corrected chi connectivity index (χ0v) is 19.8. The predicted molar refractivity (Wildman–Crippen MR) is 134 cm³/mol. The monoisotopic (exact) mass is 479 g/mol. The molecule has 3 aromatic carbocycles. The molecule has 2 aliphatic heterocycles. The summed E-state index contributed by atoms with van der Waals surface area (Å²) in [7, 11) is 1.35. The molecule has 36 heavy (non-hydrogen) atoms. The number of carbonyl (C=O) groups excluding carboxylic acids is 3. The van der Waals surface area contributed by atoms with Gasteiger partial charge in [0.15, 0.2) is 0 Å². The maximum absolute atomic E-state index is 13.8. The van der Waals surface area contributed by atoms with E-state index in [1.165, 1.54) is 7.11 Å². The van der Waals surface area contributed by atoms with E-state index >= 15 is 0 Å². The summed E-state index contributed by atoms with van der Waals surface area (Å²) in [6.07, 6.45) is 0.450. The van der Waals surface area contributed by atoms with Crippen molar-refractivity contribution in [2.45, 2.75) is 25.0 Å². The number of benzene rings is 3. The molecule has 3 heterocycles. The van der Waals surface area contributed by atoms with Gasteiger partial charge in [0.05, 0.1) is 18.7 Å². The number of methoxy groups -OCH3 is 1. The Bertz CT molecular complexity index is 1480.